The third kappa shape index (κ3) is 2.54. The van der Waals surface area contributed by atoms with Crippen molar-refractivity contribution in [1.29, 1.82) is 0 Å². The smallest absolute Gasteiger partial charge is 0.238 e. The molecule has 94 valence electrons. The highest BCUT2D eigenvalue weighted by atomic mass is 32.2. The quantitative estimate of drug-likeness (QED) is 0.817. The Morgan fingerprint density at radius 1 is 1.29 bits per heavy atom. The lowest BCUT2D eigenvalue weighted by Crippen LogP contribution is -2.34. The molecule has 0 unspecified atom stereocenters. The molecule has 0 aromatic heterocycles. The minimum atomic E-state index is -3.16. The monoisotopic (exact) mass is 254 g/mol. The van der Waals surface area contributed by atoms with Gasteiger partial charge in [-0.1, -0.05) is 6.92 Å². The molecule has 4 nitrogen and oxygen atoms in total. The van der Waals surface area contributed by atoms with Crippen molar-refractivity contribution in [2.75, 3.05) is 16.6 Å². The van der Waals surface area contributed by atoms with Crippen molar-refractivity contribution in [2.24, 2.45) is 0 Å². The first kappa shape index (κ1) is 12.2. The molecule has 1 aromatic carbocycles. The summed E-state index contributed by atoms with van der Waals surface area (Å²) in [6.45, 7) is 2.51. The van der Waals surface area contributed by atoms with E-state index in [1.807, 2.05) is 6.92 Å². The molecule has 1 aliphatic rings. The van der Waals surface area contributed by atoms with E-state index < -0.39 is 10.0 Å². The molecule has 0 amide bonds. The number of rotatable bonds is 5. The van der Waals surface area contributed by atoms with Crippen molar-refractivity contribution >= 4 is 21.4 Å². The lowest BCUT2D eigenvalue weighted by atomic mass is 10.3. The summed E-state index contributed by atoms with van der Waals surface area (Å²) < 4.78 is 26.0. The fourth-order valence-corrected chi connectivity index (χ4v) is 3.74. The summed E-state index contributed by atoms with van der Waals surface area (Å²) in [5, 5.41) is -0.174. The van der Waals surface area contributed by atoms with Gasteiger partial charge in [-0.05, 0) is 43.5 Å². The van der Waals surface area contributed by atoms with Crippen LogP contribution >= 0.6 is 0 Å². The van der Waals surface area contributed by atoms with E-state index in [4.69, 9.17) is 5.73 Å². The molecule has 0 atom stereocenters. The minimum absolute atomic E-state index is 0.174. The van der Waals surface area contributed by atoms with Gasteiger partial charge in [-0.25, -0.2) is 8.42 Å². The van der Waals surface area contributed by atoms with Crippen LogP contribution in [0.25, 0.3) is 0 Å². The summed E-state index contributed by atoms with van der Waals surface area (Å²) in [5.41, 5.74) is 6.98. The molecule has 1 aromatic rings. The molecule has 1 saturated carbocycles. The van der Waals surface area contributed by atoms with Crippen LogP contribution in [-0.4, -0.2) is 20.2 Å². The highest BCUT2D eigenvalue weighted by Crippen LogP contribution is 2.33. The molecule has 0 radical (unpaired) electrons. The fraction of sp³-hybridized carbons (Fsp3) is 0.500. The molecular weight excluding hydrogens is 236 g/mol. The van der Waals surface area contributed by atoms with Gasteiger partial charge in [0.05, 0.1) is 10.9 Å². The average Bonchev–Trinajstić information content (AvgIpc) is 3.11. The topological polar surface area (TPSA) is 63.4 Å². The van der Waals surface area contributed by atoms with Gasteiger partial charge in [0.1, 0.15) is 0 Å². The van der Waals surface area contributed by atoms with Gasteiger partial charge < -0.3 is 5.73 Å². The zero-order chi connectivity index (χ0) is 12.5. The van der Waals surface area contributed by atoms with Crippen molar-refractivity contribution in [1.82, 2.24) is 0 Å². The third-order valence-corrected chi connectivity index (χ3v) is 5.18. The van der Waals surface area contributed by atoms with Crippen LogP contribution in [0.2, 0.25) is 0 Å². The van der Waals surface area contributed by atoms with E-state index in [1.165, 1.54) is 4.31 Å². The molecule has 0 saturated heterocycles. The number of hydrogen-bond acceptors (Lipinski definition) is 3. The maximum absolute atomic E-state index is 12.3. The molecule has 1 aliphatic carbocycles. The summed E-state index contributed by atoms with van der Waals surface area (Å²) in [7, 11) is -3.16. The van der Waals surface area contributed by atoms with Crippen LogP contribution in [0.3, 0.4) is 0 Å². The van der Waals surface area contributed by atoms with Crippen molar-refractivity contribution < 1.29 is 8.42 Å². The summed E-state index contributed by atoms with van der Waals surface area (Å²) in [4.78, 5) is 0. The van der Waals surface area contributed by atoms with Gasteiger partial charge in [0, 0.05) is 12.2 Å². The molecule has 5 heteroatoms. The molecule has 0 heterocycles. The maximum atomic E-state index is 12.3. The first-order valence-electron chi connectivity index (χ1n) is 5.93. The Morgan fingerprint density at radius 3 is 2.35 bits per heavy atom. The second kappa shape index (κ2) is 4.56. The van der Waals surface area contributed by atoms with Crippen LogP contribution in [0, 0.1) is 0 Å². The Balaban J connectivity index is 2.31. The van der Waals surface area contributed by atoms with E-state index in [0.717, 1.165) is 19.3 Å². The van der Waals surface area contributed by atoms with Gasteiger partial charge in [0.2, 0.25) is 10.0 Å². The van der Waals surface area contributed by atoms with Gasteiger partial charge in [0.25, 0.3) is 0 Å². The van der Waals surface area contributed by atoms with Crippen LogP contribution in [0.5, 0.6) is 0 Å². The van der Waals surface area contributed by atoms with Gasteiger partial charge in [0.15, 0.2) is 0 Å². The van der Waals surface area contributed by atoms with E-state index in [0.29, 0.717) is 17.9 Å². The highest BCUT2D eigenvalue weighted by molar-refractivity contribution is 7.93. The number of sulfonamides is 1. The van der Waals surface area contributed by atoms with E-state index in [2.05, 4.69) is 0 Å². The minimum Gasteiger partial charge on any atom is -0.399 e. The predicted molar refractivity (Wildman–Crippen MR) is 70.4 cm³/mol. The number of nitrogens with zero attached hydrogens (tertiary/aromatic N) is 1. The molecule has 1 fully saturated rings. The molecule has 17 heavy (non-hydrogen) atoms. The number of anilines is 2. The van der Waals surface area contributed by atoms with Crippen LogP contribution in [-0.2, 0) is 10.0 Å². The maximum Gasteiger partial charge on any atom is 0.238 e. The fourth-order valence-electron chi connectivity index (χ4n) is 1.79. The van der Waals surface area contributed by atoms with Crippen molar-refractivity contribution in [3.63, 3.8) is 0 Å². The molecular formula is C12H18N2O2S. The van der Waals surface area contributed by atoms with Gasteiger partial charge in [-0.3, -0.25) is 4.31 Å². The molecule has 2 N–H and O–H groups in total. The Kier molecular flexibility index (Phi) is 3.28. The third-order valence-electron chi connectivity index (χ3n) is 2.86. The normalized spacial score (nSPS) is 15.8. The number of benzene rings is 1. The Bertz CT molecular complexity index is 478. The van der Waals surface area contributed by atoms with E-state index in [1.54, 1.807) is 24.3 Å². The van der Waals surface area contributed by atoms with Crippen molar-refractivity contribution in [3.8, 4) is 0 Å². The lowest BCUT2D eigenvalue weighted by molar-refractivity contribution is 0.589. The zero-order valence-electron chi connectivity index (χ0n) is 9.96. The van der Waals surface area contributed by atoms with E-state index >= 15 is 0 Å². The molecule has 0 bridgehead atoms. The summed E-state index contributed by atoms with van der Waals surface area (Å²) >= 11 is 0. The first-order valence-corrected chi connectivity index (χ1v) is 7.43. The number of nitrogens with two attached hydrogens (primary N) is 1. The van der Waals surface area contributed by atoms with Gasteiger partial charge >= 0.3 is 0 Å². The van der Waals surface area contributed by atoms with E-state index in [9.17, 15) is 8.42 Å². The Morgan fingerprint density at radius 2 is 1.88 bits per heavy atom. The zero-order valence-corrected chi connectivity index (χ0v) is 10.8. The first-order chi connectivity index (χ1) is 8.05. The van der Waals surface area contributed by atoms with Crippen LogP contribution in [0.15, 0.2) is 24.3 Å². The second-order valence-electron chi connectivity index (χ2n) is 4.41. The largest absolute Gasteiger partial charge is 0.399 e. The highest BCUT2D eigenvalue weighted by Gasteiger charge is 2.39. The van der Waals surface area contributed by atoms with E-state index in [-0.39, 0.29) is 5.25 Å². The predicted octanol–water partition coefficient (Wildman–Crippen LogP) is 1.98. The Hall–Kier alpha value is -1.23. The average molecular weight is 254 g/mol. The summed E-state index contributed by atoms with van der Waals surface area (Å²) in [6, 6.07) is 7.01. The summed E-state index contributed by atoms with van der Waals surface area (Å²) in [6.07, 6.45) is 2.38. The number of nitrogen functional groups attached to an aromatic ring is 1. The van der Waals surface area contributed by atoms with Crippen LogP contribution in [0.1, 0.15) is 26.2 Å². The standard InChI is InChI=1S/C12H18N2O2S/c1-2-9-14(17(15,16)12-7-8-12)11-5-3-10(13)4-6-11/h3-6,12H,2,7-9,13H2,1H3. The van der Waals surface area contributed by atoms with Crippen molar-refractivity contribution in [3.05, 3.63) is 24.3 Å². The molecule has 0 spiro atoms. The molecule has 0 aliphatic heterocycles. The SMILES string of the molecule is CCCN(c1ccc(N)cc1)S(=O)(=O)C1CC1. The van der Waals surface area contributed by atoms with Crippen LogP contribution < -0.4 is 10.0 Å². The number of hydrogen-bond donors (Lipinski definition) is 1. The van der Waals surface area contributed by atoms with Crippen LogP contribution in [0.4, 0.5) is 11.4 Å². The Labute approximate surface area is 102 Å². The lowest BCUT2D eigenvalue weighted by Gasteiger charge is -2.24. The van der Waals surface area contributed by atoms with Gasteiger partial charge in [-0.2, -0.15) is 0 Å². The summed E-state index contributed by atoms with van der Waals surface area (Å²) in [5.74, 6) is 0. The molecule has 2 rings (SSSR count). The second-order valence-corrected chi connectivity index (χ2v) is 6.55. The van der Waals surface area contributed by atoms with Crippen molar-refractivity contribution in [2.45, 2.75) is 31.4 Å². The van der Waals surface area contributed by atoms with Gasteiger partial charge in [-0.15, -0.1) is 0 Å².